The fraction of sp³-hybridized carbons (Fsp3) is 0.0909. The number of pyridine rings is 1. The van der Waals surface area contributed by atoms with Crippen LogP contribution in [0.5, 0.6) is 11.6 Å². The molecule has 0 fully saturated rings. The van der Waals surface area contributed by atoms with Crippen molar-refractivity contribution in [2.24, 2.45) is 0 Å². The van der Waals surface area contributed by atoms with E-state index in [-0.39, 0.29) is 18.3 Å². The van der Waals surface area contributed by atoms with Crippen molar-refractivity contribution >= 4 is 50.0 Å². The summed E-state index contributed by atoms with van der Waals surface area (Å²) in [6.07, 6.45) is 2.76. The van der Waals surface area contributed by atoms with Gasteiger partial charge in [0.15, 0.2) is 5.75 Å². The molecule has 2 heterocycles. The predicted octanol–water partition coefficient (Wildman–Crippen LogP) is 5.41. The molecule has 166 valence electrons. The van der Waals surface area contributed by atoms with Gasteiger partial charge in [-0.3, -0.25) is 15.1 Å². The quantitative estimate of drug-likeness (QED) is 0.197. The van der Waals surface area contributed by atoms with Gasteiger partial charge in [0.1, 0.15) is 11.8 Å². The lowest BCUT2D eigenvalue weighted by Crippen LogP contribution is -2.05. The smallest absolute Gasteiger partial charge is 0.373 e. The summed E-state index contributed by atoms with van der Waals surface area (Å²) in [5.74, 6) is -0.457. The van der Waals surface area contributed by atoms with Gasteiger partial charge in [-0.15, -0.1) is 0 Å². The first-order valence-electron chi connectivity index (χ1n) is 9.72. The van der Waals surface area contributed by atoms with Crippen LogP contribution in [0.25, 0.3) is 10.9 Å². The fourth-order valence-corrected chi connectivity index (χ4v) is 3.48. The predicted molar refractivity (Wildman–Crippen MR) is 124 cm³/mol. The Kier molecular flexibility index (Phi) is 6.41. The Bertz CT molecular complexity index is 1350. The van der Waals surface area contributed by atoms with Crippen LogP contribution in [-0.4, -0.2) is 32.5 Å². The molecule has 4 aromatic rings. The van der Waals surface area contributed by atoms with Crippen LogP contribution in [-0.2, 0) is 4.74 Å². The molecule has 0 radical (unpaired) electrons. The Morgan fingerprint density at radius 1 is 1.12 bits per heavy atom. The minimum absolute atomic E-state index is 0.0664. The van der Waals surface area contributed by atoms with Gasteiger partial charge in [-0.1, -0.05) is 22.0 Å². The number of carbonyl (C=O) groups excluding carboxylic acids is 1. The number of nitrogens with zero attached hydrogens (tertiary/aromatic N) is 4. The zero-order valence-corrected chi connectivity index (χ0v) is 18.8. The van der Waals surface area contributed by atoms with Crippen molar-refractivity contribution < 1.29 is 19.2 Å². The summed E-state index contributed by atoms with van der Waals surface area (Å²) in [7, 11) is 0. The summed E-state index contributed by atoms with van der Waals surface area (Å²) >= 11 is 3.46. The summed E-state index contributed by atoms with van der Waals surface area (Å²) in [5.41, 5.74) is 0.910. The topological polar surface area (TPSA) is 129 Å². The number of anilines is 2. The van der Waals surface area contributed by atoms with E-state index in [1.807, 2.05) is 6.07 Å². The lowest BCUT2D eigenvalue weighted by Gasteiger charge is -2.11. The Balaban J connectivity index is 1.67. The molecule has 0 bridgehead atoms. The van der Waals surface area contributed by atoms with E-state index in [2.05, 4.69) is 36.2 Å². The summed E-state index contributed by atoms with van der Waals surface area (Å²) in [5, 5.41) is 15.5. The number of nitrogens with one attached hydrogen (secondary N) is 1. The van der Waals surface area contributed by atoms with Gasteiger partial charge in [-0.25, -0.2) is 9.78 Å². The Morgan fingerprint density at radius 3 is 2.64 bits per heavy atom. The number of esters is 1. The lowest BCUT2D eigenvalue weighted by atomic mass is 10.2. The highest BCUT2D eigenvalue weighted by molar-refractivity contribution is 9.10. The van der Waals surface area contributed by atoms with Crippen LogP contribution >= 0.6 is 15.9 Å². The first-order chi connectivity index (χ1) is 16.0. The average Bonchev–Trinajstić information content (AvgIpc) is 2.81. The highest BCUT2D eigenvalue weighted by atomic mass is 79.9. The Hall–Kier alpha value is -4.12. The molecule has 0 atom stereocenters. The maximum absolute atomic E-state index is 11.9. The molecule has 0 amide bonds. The van der Waals surface area contributed by atoms with Crippen molar-refractivity contribution in [2.75, 3.05) is 11.9 Å². The number of aromatic nitrogens is 3. The van der Waals surface area contributed by atoms with Crippen molar-refractivity contribution in [1.82, 2.24) is 15.0 Å². The summed E-state index contributed by atoms with van der Waals surface area (Å²) in [4.78, 5) is 35.4. The highest BCUT2D eigenvalue weighted by Gasteiger charge is 2.26. The minimum Gasteiger partial charge on any atom is -0.462 e. The molecule has 0 aliphatic rings. The number of hydrogen-bond acceptors (Lipinski definition) is 9. The second-order valence-corrected chi connectivity index (χ2v) is 7.46. The number of benzene rings is 2. The third-order valence-corrected chi connectivity index (χ3v) is 5.21. The van der Waals surface area contributed by atoms with E-state index < -0.39 is 16.6 Å². The second-order valence-electron chi connectivity index (χ2n) is 6.60. The Labute approximate surface area is 195 Å². The first-order valence-corrected chi connectivity index (χ1v) is 10.5. The molecule has 2 aromatic carbocycles. The highest BCUT2D eigenvalue weighted by Crippen LogP contribution is 2.38. The number of carbonyl (C=O) groups is 1. The standard InChI is InChI=1S/C22H16BrN5O5/c1-2-32-22(29)13-5-7-14(8-6-13)27-20-19(28(30)31)21(26-12-25-20)33-17-10-9-16(23)15-4-3-11-24-18(15)17/h3-12H,2H2,1H3,(H,25,26,27). The van der Waals surface area contributed by atoms with Gasteiger partial charge in [-0.05, 0) is 49.4 Å². The van der Waals surface area contributed by atoms with Gasteiger partial charge >= 0.3 is 17.5 Å². The van der Waals surface area contributed by atoms with Crippen molar-refractivity contribution in [1.29, 1.82) is 0 Å². The normalized spacial score (nSPS) is 10.6. The molecule has 0 aliphatic carbocycles. The van der Waals surface area contributed by atoms with Gasteiger partial charge in [0.25, 0.3) is 0 Å². The van der Waals surface area contributed by atoms with Gasteiger partial charge in [-0.2, -0.15) is 4.98 Å². The van der Waals surface area contributed by atoms with E-state index in [4.69, 9.17) is 9.47 Å². The van der Waals surface area contributed by atoms with Crippen LogP contribution in [0.1, 0.15) is 17.3 Å². The number of ether oxygens (including phenoxy) is 2. The number of fused-ring (bicyclic) bond motifs is 1. The summed E-state index contributed by atoms with van der Waals surface area (Å²) in [6.45, 7) is 1.98. The van der Waals surface area contributed by atoms with Gasteiger partial charge in [0.2, 0.25) is 5.82 Å². The third-order valence-electron chi connectivity index (χ3n) is 4.52. The average molecular weight is 510 g/mol. The molecule has 0 saturated carbocycles. The molecule has 0 spiro atoms. The van der Waals surface area contributed by atoms with E-state index in [9.17, 15) is 14.9 Å². The van der Waals surface area contributed by atoms with E-state index in [0.717, 1.165) is 16.2 Å². The largest absolute Gasteiger partial charge is 0.462 e. The van der Waals surface area contributed by atoms with E-state index >= 15 is 0 Å². The molecule has 10 nitrogen and oxygen atoms in total. The summed E-state index contributed by atoms with van der Waals surface area (Å²) in [6, 6.07) is 13.3. The van der Waals surface area contributed by atoms with Crippen molar-refractivity contribution in [3.8, 4) is 11.6 Å². The van der Waals surface area contributed by atoms with Gasteiger partial charge in [0, 0.05) is 21.7 Å². The molecule has 0 aliphatic heterocycles. The van der Waals surface area contributed by atoms with Crippen molar-refractivity contribution in [3.05, 3.63) is 81.2 Å². The van der Waals surface area contributed by atoms with Crippen LogP contribution in [0.3, 0.4) is 0 Å². The Morgan fingerprint density at radius 2 is 1.91 bits per heavy atom. The number of hydrogen-bond donors (Lipinski definition) is 1. The zero-order chi connectivity index (χ0) is 23.4. The SMILES string of the molecule is CCOC(=O)c1ccc(Nc2ncnc(Oc3ccc(Br)c4cccnc34)c2[N+](=O)[O-])cc1. The molecule has 4 rings (SSSR count). The van der Waals surface area contributed by atoms with Crippen molar-refractivity contribution in [3.63, 3.8) is 0 Å². The van der Waals surface area contributed by atoms with Crippen LogP contribution in [0.2, 0.25) is 0 Å². The number of nitro groups is 1. The summed E-state index contributed by atoms with van der Waals surface area (Å²) < 4.78 is 11.6. The molecule has 33 heavy (non-hydrogen) atoms. The van der Waals surface area contributed by atoms with Gasteiger partial charge in [0.05, 0.1) is 17.1 Å². The third kappa shape index (κ3) is 4.72. The number of rotatable bonds is 7. The monoisotopic (exact) mass is 509 g/mol. The van der Waals surface area contributed by atoms with Crippen LogP contribution in [0.4, 0.5) is 17.2 Å². The maximum Gasteiger partial charge on any atom is 0.373 e. The fourth-order valence-electron chi connectivity index (χ4n) is 3.03. The van der Waals surface area contributed by atoms with Crippen LogP contribution in [0.15, 0.2) is 65.5 Å². The molecule has 0 unspecified atom stereocenters. The molecule has 11 heteroatoms. The van der Waals surface area contributed by atoms with E-state index in [1.165, 1.54) is 0 Å². The van der Waals surface area contributed by atoms with Crippen LogP contribution in [0, 0.1) is 10.1 Å². The second kappa shape index (κ2) is 9.57. The molecule has 2 aromatic heterocycles. The maximum atomic E-state index is 11.9. The van der Waals surface area contributed by atoms with Gasteiger partial charge < -0.3 is 14.8 Å². The molecule has 1 N–H and O–H groups in total. The molecular weight excluding hydrogens is 494 g/mol. The molecular formula is C22H16BrN5O5. The van der Waals surface area contributed by atoms with E-state index in [1.54, 1.807) is 55.6 Å². The van der Waals surface area contributed by atoms with E-state index in [0.29, 0.717) is 22.5 Å². The number of halogens is 1. The minimum atomic E-state index is -0.626. The first kappa shape index (κ1) is 22.1. The van der Waals surface area contributed by atoms with Crippen LogP contribution < -0.4 is 10.1 Å². The van der Waals surface area contributed by atoms with Crippen molar-refractivity contribution in [2.45, 2.75) is 6.92 Å². The molecule has 0 saturated heterocycles. The zero-order valence-electron chi connectivity index (χ0n) is 17.2. The lowest BCUT2D eigenvalue weighted by molar-refractivity contribution is -0.385.